The molecule has 0 aliphatic heterocycles. The fourth-order valence-electron chi connectivity index (χ4n) is 1.99. The third-order valence-corrected chi connectivity index (χ3v) is 3.22. The van der Waals surface area contributed by atoms with Gasteiger partial charge < -0.3 is 15.1 Å². The molecule has 5 nitrogen and oxygen atoms in total. The van der Waals surface area contributed by atoms with Crippen LogP contribution in [0.2, 0.25) is 0 Å². The number of anilines is 1. The van der Waals surface area contributed by atoms with Crippen LogP contribution in [0.15, 0.2) is 22.6 Å². The van der Waals surface area contributed by atoms with E-state index in [4.69, 9.17) is 4.42 Å². The van der Waals surface area contributed by atoms with Crippen molar-refractivity contribution in [1.29, 1.82) is 0 Å². The molecule has 0 saturated heterocycles. The van der Waals surface area contributed by atoms with Gasteiger partial charge in [0.2, 0.25) is 5.91 Å². The van der Waals surface area contributed by atoms with Gasteiger partial charge in [0.1, 0.15) is 5.52 Å². The third-order valence-electron chi connectivity index (χ3n) is 3.22. The van der Waals surface area contributed by atoms with Crippen molar-refractivity contribution in [2.75, 3.05) is 18.9 Å². The normalized spacial score (nSPS) is 14.1. The minimum Gasteiger partial charge on any atom is -0.440 e. The lowest BCUT2D eigenvalue weighted by Gasteiger charge is -2.04. The molecule has 0 bridgehead atoms. The summed E-state index contributed by atoms with van der Waals surface area (Å²) in [5, 5.41) is 5.80. The molecule has 1 aliphatic rings. The Labute approximate surface area is 123 Å². The molecule has 6 heteroatoms. The Bertz CT molecular complexity index is 607. The SMILES string of the molecule is CNCCC(=O)Nc1ccc2nc(C3CC3)oc2c1.Cl. The number of carbonyl (C=O) groups is 1. The molecule has 1 fully saturated rings. The first-order chi connectivity index (χ1) is 9.26. The predicted octanol–water partition coefficient (Wildman–Crippen LogP) is 2.68. The fraction of sp³-hybridized carbons (Fsp3) is 0.429. The number of oxazole rings is 1. The minimum absolute atomic E-state index is 0. The van der Waals surface area contributed by atoms with E-state index in [1.54, 1.807) is 0 Å². The fourth-order valence-corrected chi connectivity index (χ4v) is 1.99. The van der Waals surface area contributed by atoms with E-state index in [1.807, 2.05) is 25.2 Å². The first kappa shape index (κ1) is 14.8. The van der Waals surface area contributed by atoms with E-state index in [0.717, 1.165) is 22.7 Å². The number of rotatable bonds is 5. The van der Waals surface area contributed by atoms with Crippen LogP contribution in [0.25, 0.3) is 11.1 Å². The van der Waals surface area contributed by atoms with Gasteiger partial charge in [0.05, 0.1) is 0 Å². The number of fused-ring (bicyclic) bond motifs is 1. The number of nitrogens with zero attached hydrogens (tertiary/aromatic N) is 1. The second-order valence-electron chi connectivity index (χ2n) is 4.91. The summed E-state index contributed by atoms with van der Waals surface area (Å²) in [6.07, 6.45) is 2.79. The molecule has 2 aromatic rings. The van der Waals surface area contributed by atoms with Crippen molar-refractivity contribution < 1.29 is 9.21 Å². The van der Waals surface area contributed by atoms with E-state index >= 15 is 0 Å². The molecule has 1 saturated carbocycles. The zero-order valence-corrected chi connectivity index (χ0v) is 12.1. The maximum absolute atomic E-state index is 11.6. The van der Waals surface area contributed by atoms with E-state index in [-0.39, 0.29) is 18.3 Å². The molecule has 20 heavy (non-hydrogen) atoms. The first-order valence-electron chi connectivity index (χ1n) is 6.61. The third kappa shape index (κ3) is 3.29. The number of aromatic nitrogens is 1. The number of hydrogen-bond acceptors (Lipinski definition) is 4. The van der Waals surface area contributed by atoms with Crippen LogP contribution in [0.3, 0.4) is 0 Å². The number of amides is 1. The average molecular weight is 296 g/mol. The van der Waals surface area contributed by atoms with E-state index in [2.05, 4.69) is 15.6 Å². The molecule has 0 atom stereocenters. The summed E-state index contributed by atoms with van der Waals surface area (Å²) in [6, 6.07) is 5.59. The summed E-state index contributed by atoms with van der Waals surface area (Å²) in [5.41, 5.74) is 2.36. The van der Waals surface area contributed by atoms with Gasteiger partial charge in [0, 0.05) is 30.6 Å². The maximum Gasteiger partial charge on any atom is 0.225 e. The van der Waals surface area contributed by atoms with E-state index in [1.165, 1.54) is 12.8 Å². The average Bonchev–Trinajstić information content (AvgIpc) is 3.16. The Hall–Kier alpha value is -1.59. The Kier molecular flexibility index (Phi) is 4.62. The highest BCUT2D eigenvalue weighted by molar-refractivity contribution is 5.92. The number of nitrogens with one attached hydrogen (secondary N) is 2. The van der Waals surface area contributed by atoms with Gasteiger partial charge in [-0.15, -0.1) is 12.4 Å². The highest BCUT2D eigenvalue weighted by Gasteiger charge is 2.28. The van der Waals surface area contributed by atoms with Gasteiger partial charge in [-0.1, -0.05) is 0 Å². The summed E-state index contributed by atoms with van der Waals surface area (Å²) in [7, 11) is 1.83. The van der Waals surface area contributed by atoms with Crippen LogP contribution in [-0.2, 0) is 4.79 Å². The highest BCUT2D eigenvalue weighted by Crippen LogP contribution is 2.40. The van der Waals surface area contributed by atoms with Crippen molar-refractivity contribution in [3.05, 3.63) is 24.1 Å². The Morgan fingerprint density at radius 1 is 1.45 bits per heavy atom. The molecule has 1 aromatic carbocycles. The van der Waals surface area contributed by atoms with Crippen molar-refractivity contribution >= 4 is 35.1 Å². The topological polar surface area (TPSA) is 67.2 Å². The van der Waals surface area contributed by atoms with E-state index < -0.39 is 0 Å². The molecule has 2 N–H and O–H groups in total. The van der Waals surface area contributed by atoms with Crippen molar-refractivity contribution in [1.82, 2.24) is 10.3 Å². The highest BCUT2D eigenvalue weighted by atomic mass is 35.5. The first-order valence-corrected chi connectivity index (χ1v) is 6.61. The van der Waals surface area contributed by atoms with Gasteiger partial charge in [-0.2, -0.15) is 0 Å². The number of carbonyl (C=O) groups excluding carboxylic acids is 1. The molecular weight excluding hydrogens is 278 g/mol. The monoisotopic (exact) mass is 295 g/mol. The summed E-state index contributed by atoms with van der Waals surface area (Å²) >= 11 is 0. The van der Waals surface area contributed by atoms with Crippen molar-refractivity contribution in [2.24, 2.45) is 0 Å². The van der Waals surface area contributed by atoms with Gasteiger partial charge >= 0.3 is 0 Å². The number of halogens is 1. The Balaban J connectivity index is 0.00000147. The van der Waals surface area contributed by atoms with Gasteiger partial charge in [0.25, 0.3) is 0 Å². The smallest absolute Gasteiger partial charge is 0.225 e. The molecule has 1 heterocycles. The minimum atomic E-state index is -0.00404. The maximum atomic E-state index is 11.6. The van der Waals surface area contributed by atoms with Crippen LogP contribution in [0, 0.1) is 0 Å². The quantitative estimate of drug-likeness (QED) is 0.890. The molecule has 1 aliphatic carbocycles. The molecule has 0 spiro atoms. The standard InChI is InChI=1S/C14H17N3O2.ClH/c1-15-7-6-13(18)16-10-4-5-11-12(8-10)19-14(17-11)9-2-3-9;/h4-5,8-9,15H,2-3,6-7H2,1H3,(H,16,18);1H. The lowest BCUT2D eigenvalue weighted by molar-refractivity contribution is -0.116. The van der Waals surface area contributed by atoms with Gasteiger partial charge in [0.15, 0.2) is 11.5 Å². The van der Waals surface area contributed by atoms with E-state index in [0.29, 0.717) is 18.9 Å². The van der Waals surface area contributed by atoms with Gasteiger partial charge in [-0.05, 0) is 32.0 Å². The molecule has 0 unspecified atom stereocenters. The van der Waals surface area contributed by atoms with Crippen molar-refractivity contribution in [3.63, 3.8) is 0 Å². The summed E-state index contributed by atoms with van der Waals surface area (Å²) < 4.78 is 5.72. The Morgan fingerprint density at radius 2 is 2.25 bits per heavy atom. The zero-order valence-electron chi connectivity index (χ0n) is 11.3. The largest absolute Gasteiger partial charge is 0.440 e. The lowest BCUT2D eigenvalue weighted by atomic mass is 10.2. The molecule has 0 radical (unpaired) electrons. The summed E-state index contributed by atoms with van der Waals surface area (Å²) in [4.78, 5) is 16.1. The Morgan fingerprint density at radius 3 is 2.95 bits per heavy atom. The number of hydrogen-bond donors (Lipinski definition) is 2. The van der Waals surface area contributed by atoms with Crippen LogP contribution >= 0.6 is 12.4 Å². The lowest BCUT2D eigenvalue weighted by Crippen LogP contribution is -2.18. The zero-order chi connectivity index (χ0) is 13.2. The predicted molar refractivity (Wildman–Crippen MR) is 80.4 cm³/mol. The van der Waals surface area contributed by atoms with Crippen LogP contribution < -0.4 is 10.6 Å². The molecular formula is C14H18ClN3O2. The van der Waals surface area contributed by atoms with Gasteiger partial charge in [-0.3, -0.25) is 4.79 Å². The summed E-state index contributed by atoms with van der Waals surface area (Å²) in [5.74, 6) is 1.32. The molecule has 3 rings (SSSR count). The van der Waals surface area contributed by atoms with Crippen LogP contribution in [0.5, 0.6) is 0 Å². The van der Waals surface area contributed by atoms with Crippen LogP contribution in [0.1, 0.15) is 31.1 Å². The van der Waals surface area contributed by atoms with Crippen LogP contribution in [0.4, 0.5) is 5.69 Å². The van der Waals surface area contributed by atoms with E-state index in [9.17, 15) is 4.79 Å². The van der Waals surface area contributed by atoms with Crippen LogP contribution in [-0.4, -0.2) is 24.5 Å². The van der Waals surface area contributed by atoms with Crippen molar-refractivity contribution in [3.8, 4) is 0 Å². The van der Waals surface area contributed by atoms with Gasteiger partial charge in [-0.25, -0.2) is 4.98 Å². The summed E-state index contributed by atoms with van der Waals surface area (Å²) in [6.45, 7) is 0.669. The molecule has 108 valence electrons. The second kappa shape index (κ2) is 6.24. The molecule has 1 amide bonds. The number of benzene rings is 1. The molecule has 1 aromatic heterocycles. The second-order valence-corrected chi connectivity index (χ2v) is 4.91. The van der Waals surface area contributed by atoms with Crippen molar-refractivity contribution in [2.45, 2.75) is 25.2 Å².